The van der Waals surface area contributed by atoms with E-state index in [9.17, 15) is 8.42 Å². The number of nitrogen functional groups attached to an aromatic ring is 1. The van der Waals surface area contributed by atoms with E-state index in [0.717, 1.165) is 6.33 Å². The van der Waals surface area contributed by atoms with Gasteiger partial charge in [-0.05, 0) is 24.6 Å². The van der Waals surface area contributed by atoms with Crippen molar-refractivity contribution in [3.8, 4) is 0 Å². The minimum absolute atomic E-state index is 0.00775. The van der Waals surface area contributed by atoms with Crippen molar-refractivity contribution in [3.05, 3.63) is 40.3 Å². The highest BCUT2D eigenvalue weighted by Crippen LogP contribution is 2.27. The van der Waals surface area contributed by atoms with Gasteiger partial charge < -0.3 is 5.73 Å². The molecule has 20 heavy (non-hydrogen) atoms. The molecule has 1 heterocycles. The monoisotopic (exact) mass is 332 g/mol. The van der Waals surface area contributed by atoms with Gasteiger partial charge in [0, 0.05) is 6.07 Å². The molecule has 0 atom stereocenters. The molecule has 106 valence electrons. The summed E-state index contributed by atoms with van der Waals surface area (Å²) in [5.74, 6) is 0.0659. The summed E-state index contributed by atoms with van der Waals surface area (Å²) >= 11 is 11.6. The van der Waals surface area contributed by atoms with E-state index >= 15 is 0 Å². The number of rotatable bonds is 3. The van der Waals surface area contributed by atoms with E-state index in [1.165, 1.54) is 18.2 Å². The van der Waals surface area contributed by atoms with Crippen LogP contribution in [0.25, 0.3) is 0 Å². The standard InChI is InChI=1S/C11H10Cl2N4O2S/c1-6-2-7(3-8(14)11(6)13)20(18,19)17-10-4-9(12)15-5-16-10/h2-5H,14H2,1H3,(H,15,16,17). The molecule has 1 aromatic heterocycles. The molecule has 0 unspecified atom stereocenters. The molecule has 0 saturated carbocycles. The molecular formula is C11H10Cl2N4O2S. The minimum atomic E-state index is -3.83. The highest BCUT2D eigenvalue weighted by Gasteiger charge is 2.17. The fourth-order valence-corrected chi connectivity index (χ4v) is 2.88. The quantitative estimate of drug-likeness (QED) is 0.664. The second kappa shape index (κ2) is 5.43. The summed E-state index contributed by atoms with van der Waals surface area (Å²) in [6, 6.07) is 4.00. The lowest BCUT2D eigenvalue weighted by Crippen LogP contribution is -2.14. The van der Waals surface area contributed by atoms with Crippen LogP contribution in [0, 0.1) is 6.92 Å². The Morgan fingerprint density at radius 3 is 2.50 bits per heavy atom. The summed E-state index contributed by atoms with van der Waals surface area (Å²) in [6.45, 7) is 1.67. The van der Waals surface area contributed by atoms with Crippen LogP contribution < -0.4 is 10.5 Å². The lowest BCUT2D eigenvalue weighted by molar-refractivity contribution is 0.601. The normalized spacial score (nSPS) is 11.3. The number of anilines is 2. The van der Waals surface area contributed by atoms with Gasteiger partial charge in [-0.25, -0.2) is 18.4 Å². The van der Waals surface area contributed by atoms with Gasteiger partial charge in [0.25, 0.3) is 10.0 Å². The van der Waals surface area contributed by atoms with E-state index in [1.807, 2.05) is 0 Å². The van der Waals surface area contributed by atoms with Gasteiger partial charge in [0.15, 0.2) is 0 Å². The lowest BCUT2D eigenvalue weighted by Gasteiger charge is -2.10. The smallest absolute Gasteiger partial charge is 0.263 e. The van der Waals surface area contributed by atoms with Crippen molar-refractivity contribution in [2.24, 2.45) is 0 Å². The number of hydrogen-bond donors (Lipinski definition) is 2. The van der Waals surface area contributed by atoms with Gasteiger partial charge in [0.1, 0.15) is 17.3 Å². The zero-order valence-electron chi connectivity index (χ0n) is 10.3. The molecule has 0 amide bonds. The third-order valence-electron chi connectivity index (χ3n) is 2.44. The third-order valence-corrected chi connectivity index (χ3v) is 4.50. The summed E-state index contributed by atoms with van der Waals surface area (Å²) in [5, 5.41) is 0.457. The van der Waals surface area contributed by atoms with Gasteiger partial charge in [-0.3, -0.25) is 4.72 Å². The van der Waals surface area contributed by atoms with E-state index in [4.69, 9.17) is 28.9 Å². The van der Waals surface area contributed by atoms with Gasteiger partial charge in [-0.2, -0.15) is 0 Å². The number of aryl methyl sites for hydroxylation is 1. The first kappa shape index (κ1) is 14.8. The first-order chi connectivity index (χ1) is 9.29. The number of aromatic nitrogens is 2. The number of sulfonamides is 1. The summed E-state index contributed by atoms with van der Waals surface area (Å²) in [6.07, 6.45) is 1.15. The Bertz CT molecular complexity index is 742. The van der Waals surface area contributed by atoms with Crippen LogP contribution in [-0.2, 0) is 10.0 Å². The van der Waals surface area contributed by atoms with E-state index < -0.39 is 10.0 Å². The van der Waals surface area contributed by atoms with Crippen LogP contribution in [0.4, 0.5) is 11.5 Å². The van der Waals surface area contributed by atoms with E-state index in [0.29, 0.717) is 10.6 Å². The molecule has 0 aliphatic carbocycles. The Labute approximate surface area is 126 Å². The van der Waals surface area contributed by atoms with Crippen molar-refractivity contribution in [2.75, 3.05) is 10.5 Å². The van der Waals surface area contributed by atoms with Crippen molar-refractivity contribution < 1.29 is 8.42 Å². The highest BCUT2D eigenvalue weighted by atomic mass is 35.5. The van der Waals surface area contributed by atoms with E-state index in [1.54, 1.807) is 6.92 Å². The first-order valence-electron chi connectivity index (χ1n) is 5.35. The predicted molar refractivity (Wildman–Crippen MR) is 78.5 cm³/mol. The largest absolute Gasteiger partial charge is 0.397 e. The number of benzene rings is 1. The molecule has 0 aliphatic heterocycles. The van der Waals surface area contributed by atoms with Gasteiger partial charge in [-0.15, -0.1) is 0 Å². The number of nitrogens with two attached hydrogens (primary N) is 1. The maximum atomic E-state index is 12.2. The maximum Gasteiger partial charge on any atom is 0.263 e. The zero-order chi connectivity index (χ0) is 14.9. The van der Waals surface area contributed by atoms with Crippen LogP contribution in [-0.4, -0.2) is 18.4 Å². The molecule has 6 nitrogen and oxygen atoms in total. The molecule has 9 heteroatoms. The van der Waals surface area contributed by atoms with E-state index in [-0.39, 0.29) is 21.6 Å². The average Bonchev–Trinajstić information content (AvgIpc) is 2.34. The number of halogens is 2. The fraction of sp³-hybridized carbons (Fsp3) is 0.0909. The van der Waals surface area contributed by atoms with Crippen molar-refractivity contribution >= 4 is 44.7 Å². The van der Waals surface area contributed by atoms with Crippen LogP contribution >= 0.6 is 23.2 Å². The fourth-order valence-electron chi connectivity index (χ4n) is 1.50. The van der Waals surface area contributed by atoms with Crippen molar-refractivity contribution in [3.63, 3.8) is 0 Å². The zero-order valence-corrected chi connectivity index (χ0v) is 12.6. The van der Waals surface area contributed by atoms with Crippen molar-refractivity contribution in [1.82, 2.24) is 9.97 Å². The molecule has 0 saturated heterocycles. The second-order valence-electron chi connectivity index (χ2n) is 3.97. The first-order valence-corrected chi connectivity index (χ1v) is 7.59. The molecule has 0 radical (unpaired) electrons. The van der Waals surface area contributed by atoms with Gasteiger partial charge in [-0.1, -0.05) is 23.2 Å². The average molecular weight is 333 g/mol. The van der Waals surface area contributed by atoms with Crippen molar-refractivity contribution in [1.29, 1.82) is 0 Å². The lowest BCUT2D eigenvalue weighted by atomic mass is 10.2. The second-order valence-corrected chi connectivity index (χ2v) is 6.42. The van der Waals surface area contributed by atoms with Gasteiger partial charge >= 0.3 is 0 Å². The Kier molecular flexibility index (Phi) is 4.03. The predicted octanol–water partition coefficient (Wildman–Crippen LogP) is 2.47. The molecule has 0 bridgehead atoms. The molecule has 2 aromatic rings. The third kappa shape index (κ3) is 3.12. The van der Waals surface area contributed by atoms with Crippen LogP contribution in [0.2, 0.25) is 10.2 Å². The van der Waals surface area contributed by atoms with Crippen LogP contribution in [0.1, 0.15) is 5.56 Å². The Morgan fingerprint density at radius 1 is 1.20 bits per heavy atom. The maximum absolute atomic E-state index is 12.2. The summed E-state index contributed by atoms with van der Waals surface area (Å²) in [5.41, 5.74) is 6.42. The number of hydrogen-bond acceptors (Lipinski definition) is 5. The Hall–Kier alpha value is -1.57. The van der Waals surface area contributed by atoms with Gasteiger partial charge in [0.2, 0.25) is 0 Å². The summed E-state index contributed by atoms with van der Waals surface area (Å²) < 4.78 is 26.7. The van der Waals surface area contributed by atoms with E-state index in [2.05, 4.69) is 14.7 Å². The number of nitrogens with zero attached hydrogens (tertiary/aromatic N) is 2. The minimum Gasteiger partial charge on any atom is -0.397 e. The molecule has 3 N–H and O–H groups in total. The summed E-state index contributed by atoms with van der Waals surface area (Å²) in [7, 11) is -3.83. The van der Waals surface area contributed by atoms with Crippen molar-refractivity contribution in [2.45, 2.75) is 11.8 Å². The molecule has 1 aromatic carbocycles. The highest BCUT2D eigenvalue weighted by molar-refractivity contribution is 7.92. The Morgan fingerprint density at radius 2 is 1.90 bits per heavy atom. The van der Waals surface area contributed by atoms with Crippen LogP contribution in [0.15, 0.2) is 29.4 Å². The SMILES string of the molecule is Cc1cc(S(=O)(=O)Nc2cc(Cl)ncn2)cc(N)c1Cl. The molecule has 2 rings (SSSR count). The molecular weight excluding hydrogens is 323 g/mol. The Balaban J connectivity index is 2.41. The molecule has 0 spiro atoms. The topological polar surface area (TPSA) is 98.0 Å². The van der Waals surface area contributed by atoms with Crippen LogP contribution in [0.3, 0.4) is 0 Å². The molecule has 0 aliphatic rings. The number of nitrogens with one attached hydrogen (secondary N) is 1. The summed E-state index contributed by atoms with van der Waals surface area (Å²) in [4.78, 5) is 7.43. The van der Waals surface area contributed by atoms with Gasteiger partial charge in [0.05, 0.1) is 15.6 Å². The molecule has 0 fully saturated rings. The van der Waals surface area contributed by atoms with Crippen LogP contribution in [0.5, 0.6) is 0 Å².